The summed E-state index contributed by atoms with van der Waals surface area (Å²) in [7, 11) is -0.413. The zero-order valence-electron chi connectivity index (χ0n) is 19.4. The predicted molar refractivity (Wildman–Crippen MR) is 116 cm³/mol. The van der Waals surface area contributed by atoms with Gasteiger partial charge in [0.05, 0.1) is 22.8 Å². The molecule has 0 bridgehead atoms. The van der Waals surface area contributed by atoms with Crippen molar-refractivity contribution in [3.8, 4) is 0 Å². The number of aryl methyl sites for hydroxylation is 1. The minimum atomic E-state index is -0.413. The van der Waals surface area contributed by atoms with E-state index >= 15 is 0 Å². The number of tetrazole rings is 1. The number of amides is 1. The smallest absolute Gasteiger partial charge is 0.399 e. The zero-order valence-corrected chi connectivity index (χ0v) is 19.4. The molecule has 0 radical (unpaired) electrons. The molecule has 1 aliphatic heterocycles. The lowest BCUT2D eigenvalue weighted by atomic mass is 9.77. The lowest BCUT2D eigenvalue weighted by Gasteiger charge is -2.32. The first-order valence-corrected chi connectivity index (χ1v) is 10.3. The van der Waals surface area contributed by atoms with Crippen molar-refractivity contribution in [3.05, 3.63) is 35.2 Å². The van der Waals surface area contributed by atoms with Crippen molar-refractivity contribution in [2.45, 2.75) is 85.1 Å². The molecule has 9 heteroatoms. The second-order valence-electron chi connectivity index (χ2n) is 9.97. The van der Waals surface area contributed by atoms with Gasteiger partial charge in [0.2, 0.25) is 0 Å². The summed E-state index contributed by atoms with van der Waals surface area (Å²) in [6.45, 7) is 17.9. The van der Waals surface area contributed by atoms with Crippen molar-refractivity contribution in [3.63, 3.8) is 0 Å². The molecule has 162 valence electrons. The maximum Gasteiger partial charge on any atom is 0.494 e. The van der Waals surface area contributed by atoms with Gasteiger partial charge < -0.3 is 14.6 Å². The van der Waals surface area contributed by atoms with Crippen LogP contribution in [0.2, 0.25) is 0 Å². The molecule has 2 aromatic rings. The van der Waals surface area contributed by atoms with Gasteiger partial charge in [0.15, 0.2) is 0 Å². The second kappa shape index (κ2) is 7.46. The van der Waals surface area contributed by atoms with Gasteiger partial charge in [0.1, 0.15) is 0 Å². The van der Waals surface area contributed by atoms with Gasteiger partial charge in [-0.2, -0.15) is 4.80 Å². The van der Waals surface area contributed by atoms with Crippen molar-refractivity contribution in [1.82, 2.24) is 25.5 Å². The van der Waals surface area contributed by atoms with E-state index in [-0.39, 0.29) is 34.5 Å². The molecule has 3 rings (SSSR count). The Morgan fingerprint density at radius 1 is 1.17 bits per heavy atom. The van der Waals surface area contributed by atoms with E-state index in [1.807, 2.05) is 80.5 Å². The van der Waals surface area contributed by atoms with Crippen molar-refractivity contribution in [1.29, 1.82) is 0 Å². The van der Waals surface area contributed by atoms with Gasteiger partial charge in [0.25, 0.3) is 11.7 Å². The van der Waals surface area contributed by atoms with Crippen LogP contribution in [-0.2, 0) is 14.8 Å². The van der Waals surface area contributed by atoms with Gasteiger partial charge in [-0.05, 0) is 84.1 Å². The molecular weight excluding hydrogens is 381 g/mol. The summed E-state index contributed by atoms with van der Waals surface area (Å²) >= 11 is 0. The highest BCUT2D eigenvalue weighted by atomic mass is 16.7. The van der Waals surface area contributed by atoms with E-state index in [1.54, 1.807) is 0 Å². The van der Waals surface area contributed by atoms with Gasteiger partial charge in [-0.1, -0.05) is 18.2 Å². The second-order valence-corrected chi connectivity index (χ2v) is 9.97. The summed E-state index contributed by atoms with van der Waals surface area (Å²) in [6.07, 6.45) is 0. The summed E-state index contributed by atoms with van der Waals surface area (Å²) in [4.78, 5) is 14.0. The quantitative estimate of drug-likeness (QED) is 0.775. The molecule has 1 aliphatic rings. The van der Waals surface area contributed by atoms with Crippen LogP contribution in [0.3, 0.4) is 0 Å². The number of rotatable bonds is 4. The van der Waals surface area contributed by atoms with Crippen LogP contribution in [0.15, 0.2) is 18.2 Å². The van der Waals surface area contributed by atoms with E-state index in [1.165, 1.54) is 4.80 Å². The first-order valence-electron chi connectivity index (χ1n) is 10.3. The largest absolute Gasteiger partial charge is 0.494 e. The Hall–Kier alpha value is -2.26. The van der Waals surface area contributed by atoms with E-state index in [0.29, 0.717) is 0 Å². The molecule has 1 saturated heterocycles. The maximum absolute atomic E-state index is 12.6. The molecule has 1 atom stereocenters. The van der Waals surface area contributed by atoms with E-state index in [0.717, 1.165) is 16.6 Å². The minimum absolute atomic E-state index is 0.0586. The Balaban J connectivity index is 1.72. The molecule has 0 saturated carbocycles. The molecule has 1 fully saturated rings. The number of aromatic nitrogens is 4. The molecule has 8 nitrogen and oxygen atoms in total. The Labute approximate surface area is 178 Å². The third-order valence-electron chi connectivity index (χ3n) is 5.85. The summed E-state index contributed by atoms with van der Waals surface area (Å²) < 4.78 is 12.3. The van der Waals surface area contributed by atoms with Crippen molar-refractivity contribution in [2.75, 3.05) is 0 Å². The normalized spacial score (nSPS) is 19.0. The third-order valence-corrected chi connectivity index (χ3v) is 5.85. The molecule has 1 amide bonds. The Morgan fingerprint density at radius 3 is 2.27 bits per heavy atom. The fourth-order valence-electron chi connectivity index (χ4n) is 3.24. The van der Waals surface area contributed by atoms with Crippen molar-refractivity contribution in [2.24, 2.45) is 0 Å². The van der Waals surface area contributed by atoms with Gasteiger partial charge in [-0.25, -0.2) is 0 Å². The fourth-order valence-corrected chi connectivity index (χ4v) is 3.24. The minimum Gasteiger partial charge on any atom is -0.399 e. The topological polar surface area (TPSA) is 91.2 Å². The van der Waals surface area contributed by atoms with Crippen LogP contribution >= 0.6 is 0 Å². The fraction of sp³-hybridized carbons (Fsp3) is 0.619. The highest BCUT2D eigenvalue weighted by Crippen LogP contribution is 2.36. The molecular formula is C21H32BN5O3. The van der Waals surface area contributed by atoms with E-state index in [4.69, 9.17) is 9.31 Å². The number of hydrogen-bond acceptors (Lipinski definition) is 6. The Bertz CT molecular complexity index is 932. The molecule has 1 N–H and O–H groups in total. The number of hydrogen-bond donors (Lipinski definition) is 1. The third kappa shape index (κ3) is 4.27. The lowest BCUT2D eigenvalue weighted by molar-refractivity contribution is 0.00578. The van der Waals surface area contributed by atoms with Crippen molar-refractivity contribution < 1.29 is 14.1 Å². The lowest BCUT2D eigenvalue weighted by Crippen LogP contribution is -2.41. The van der Waals surface area contributed by atoms with Crippen LogP contribution in [0, 0.1) is 6.92 Å². The zero-order chi connectivity index (χ0) is 22.5. The highest BCUT2D eigenvalue weighted by molar-refractivity contribution is 6.62. The van der Waals surface area contributed by atoms with Gasteiger partial charge >= 0.3 is 7.12 Å². The summed E-state index contributed by atoms with van der Waals surface area (Å²) in [5.41, 5.74) is 1.90. The van der Waals surface area contributed by atoms with E-state index in [9.17, 15) is 4.79 Å². The average Bonchev–Trinajstić information content (AvgIpc) is 3.18. The SMILES string of the molecule is Cc1cc(B2OC(C)(C)C(C)(C)O2)ccc1[C@@H](C)NC(=O)c1nnn(C(C)(C)C)n1. The summed E-state index contributed by atoms with van der Waals surface area (Å²) in [5.74, 6) is -0.296. The predicted octanol–water partition coefficient (Wildman–Crippen LogP) is 2.53. The van der Waals surface area contributed by atoms with Crippen LogP contribution in [0.25, 0.3) is 0 Å². The molecule has 2 heterocycles. The number of nitrogens with one attached hydrogen (secondary N) is 1. The first-order chi connectivity index (χ1) is 13.7. The molecule has 30 heavy (non-hydrogen) atoms. The monoisotopic (exact) mass is 413 g/mol. The molecule has 0 spiro atoms. The van der Waals surface area contributed by atoms with Crippen molar-refractivity contribution >= 4 is 18.5 Å². The number of carbonyl (C=O) groups excluding carboxylic acids is 1. The van der Waals surface area contributed by atoms with Crippen LogP contribution in [0.1, 0.15) is 83.2 Å². The first kappa shape index (κ1) is 22.4. The standard InChI is InChI=1S/C21H32BN5O3/c1-13-12-15(22-29-20(6,7)21(8,9)30-22)10-11-16(13)14(2)23-18(28)17-24-26-27(25-17)19(3,4)5/h10-12,14H,1-9H3,(H,23,28)/t14-/m1/s1. The summed E-state index contributed by atoms with van der Waals surface area (Å²) in [5, 5.41) is 15.0. The van der Waals surface area contributed by atoms with E-state index in [2.05, 4.69) is 20.7 Å². The maximum atomic E-state index is 12.6. The van der Waals surface area contributed by atoms with Crippen LogP contribution in [0.4, 0.5) is 0 Å². The van der Waals surface area contributed by atoms with Gasteiger partial charge in [-0.15, -0.1) is 10.2 Å². The molecule has 1 aromatic carbocycles. The molecule has 0 unspecified atom stereocenters. The number of benzene rings is 1. The number of carbonyl (C=O) groups is 1. The van der Waals surface area contributed by atoms with Gasteiger partial charge in [0, 0.05) is 0 Å². The van der Waals surface area contributed by atoms with Crippen LogP contribution in [-0.4, -0.2) is 44.4 Å². The summed E-state index contributed by atoms with van der Waals surface area (Å²) in [6, 6.07) is 5.82. The van der Waals surface area contributed by atoms with Crippen LogP contribution in [0.5, 0.6) is 0 Å². The molecule has 0 aliphatic carbocycles. The molecule has 1 aromatic heterocycles. The number of nitrogens with zero attached hydrogens (tertiary/aromatic N) is 4. The van der Waals surface area contributed by atoms with E-state index < -0.39 is 7.12 Å². The van der Waals surface area contributed by atoms with Crippen LogP contribution < -0.4 is 10.8 Å². The average molecular weight is 413 g/mol. The van der Waals surface area contributed by atoms with Gasteiger partial charge in [-0.3, -0.25) is 4.79 Å². The Kier molecular flexibility index (Phi) is 5.58. The highest BCUT2D eigenvalue weighted by Gasteiger charge is 2.51. The Morgan fingerprint density at radius 2 is 1.77 bits per heavy atom.